The maximum atomic E-state index is 12.5. The number of fused-ring (bicyclic) bond motifs is 2. The van der Waals surface area contributed by atoms with E-state index in [9.17, 15) is 9.59 Å². The molecule has 0 spiro atoms. The molecule has 0 aliphatic carbocycles. The normalized spacial score (nSPS) is 11.1. The van der Waals surface area contributed by atoms with Crippen molar-refractivity contribution in [3.8, 4) is 0 Å². The van der Waals surface area contributed by atoms with E-state index in [4.69, 9.17) is 4.74 Å². The van der Waals surface area contributed by atoms with Gasteiger partial charge in [0, 0.05) is 12.4 Å². The highest BCUT2D eigenvalue weighted by molar-refractivity contribution is 7.18. The van der Waals surface area contributed by atoms with Crippen LogP contribution < -0.4 is 5.56 Å². The molecule has 2 heterocycles. The summed E-state index contributed by atoms with van der Waals surface area (Å²) in [6, 6.07) is 14.6. The van der Waals surface area contributed by atoms with Gasteiger partial charge in [0.1, 0.15) is 11.6 Å². The third kappa shape index (κ3) is 2.78. The molecule has 0 radical (unpaired) electrons. The Morgan fingerprint density at radius 3 is 2.64 bits per heavy atom. The van der Waals surface area contributed by atoms with Gasteiger partial charge in [-0.15, -0.1) is 11.3 Å². The van der Waals surface area contributed by atoms with E-state index in [1.165, 1.54) is 18.4 Å². The predicted octanol–water partition coefficient (Wildman–Crippen LogP) is 2.90. The largest absolute Gasteiger partial charge is 0.453 e. The second-order valence-electron chi connectivity index (χ2n) is 5.47. The van der Waals surface area contributed by atoms with Crippen molar-refractivity contribution in [3.05, 3.63) is 69.6 Å². The molecular weight excluding hydrogens is 338 g/mol. The van der Waals surface area contributed by atoms with Crippen LogP contribution in [0.25, 0.3) is 21.0 Å². The lowest BCUT2D eigenvalue weighted by Crippen LogP contribution is -2.23. The van der Waals surface area contributed by atoms with Gasteiger partial charge in [-0.3, -0.25) is 4.79 Å². The second-order valence-corrected chi connectivity index (χ2v) is 6.59. The summed E-state index contributed by atoms with van der Waals surface area (Å²) in [7, 11) is 1.51. The van der Waals surface area contributed by atoms with E-state index in [0.717, 1.165) is 14.9 Å². The summed E-state index contributed by atoms with van der Waals surface area (Å²) in [6.45, 7) is 0.0665. The van der Waals surface area contributed by atoms with E-state index in [1.807, 2.05) is 24.3 Å². The number of thiazole rings is 1. The van der Waals surface area contributed by atoms with Gasteiger partial charge in [0.25, 0.3) is 5.56 Å². The number of aromatic nitrogens is 3. The van der Waals surface area contributed by atoms with Crippen LogP contribution in [0.3, 0.4) is 0 Å². The Morgan fingerprint density at radius 2 is 1.84 bits per heavy atom. The predicted molar refractivity (Wildman–Crippen MR) is 95.7 cm³/mol. The lowest BCUT2D eigenvalue weighted by Gasteiger charge is -2.07. The fourth-order valence-corrected chi connectivity index (χ4v) is 3.51. The lowest BCUT2D eigenvalue weighted by atomic mass is 10.1. The highest BCUT2D eigenvalue weighted by Crippen LogP contribution is 2.22. The van der Waals surface area contributed by atoms with E-state index in [-0.39, 0.29) is 17.9 Å². The number of hydrogen-bond acceptors (Lipinski definition) is 6. The summed E-state index contributed by atoms with van der Waals surface area (Å²) in [5, 5.41) is 5.70. The molecule has 25 heavy (non-hydrogen) atoms. The SMILES string of the molecule is Cn1nc(C(=O)OCc2nc3ccccc3s2)c2ccccc2c1=O. The van der Waals surface area contributed by atoms with Crippen LogP contribution in [0.15, 0.2) is 53.3 Å². The first kappa shape index (κ1) is 15.5. The molecule has 4 rings (SSSR count). The van der Waals surface area contributed by atoms with E-state index >= 15 is 0 Å². The van der Waals surface area contributed by atoms with E-state index in [0.29, 0.717) is 15.8 Å². The van der Waals surface area contributed by atoms with Crippen molar-refractivity contribution in [2.45, 2.75) is 6.61 Å². The smallest absolute Gasteiger partial charge is 0.359 e. The van der Waals surface area contributed by atoms with Gasteiger partial charge < -0.3 is 4.74 Å². The molecule has 124 valence electrons. The average Bonchev–Trinajstić information content (AvgIpc) is 3.06. The number of rotatable bonds is 3. The van der Waals surface area contributed by atoms with Crippen LogP contribution in [-0.2, 0) is 18.4 Å². The van der Waals surface area contributed by atoms with E-state index in [1.54, 1.807) is 24.3 Å². The molecule has 0 saturated heterocycles. The second kappa shape index (κ2) is 6.10. The Labute approximate surface area is 146 Å². The van der Waals surface area contributed by atoms with Gasteiger partial charge >= 0.3 is 5.97 Å². The Kier molecular flexibility index (Phi) is 3.77. The molecule has 7 heteroatoms. The summed E-state index contributed by atoms with van der Waals surface area (Å²) in [4.78, 5) is 29.0. The van der Waals surface area contributed by atoms with Crippen molar-refractivity contribution >= 4 is 38.3 Å². The van der Waals surface area contributed by atoms with Gasteiger partial charge in [0.05, 0.1) is 15.6 Å². The number of esters is 1. The zero-order chi connectivity index (χ0) is 17.4. The van der Waals surface area contributed by atoms with Gasteiger partial charge in [-0.2, -0.15) is 5.10 Å². The Balaban J connectivity index is 1.64. The van der Waals surface area contributed by atoms with Crippen LogP contribution in [0.5, 0.6) is 0 Å². The van der Waals surface area contributed by atoms with Crippen LogP contribution in [0.4, 0.5) is 0 Å². The fraction of sp³-hybridized carbons (Fsp3) is 0.111. The van der Waals surface area contributed by atoms with Gasteiger partial charge in [-0.1, -0.05) is 30.3 Å². The molecule has 6 nitrogen and oxygen atoms in total. The fourth-order valence-electron chi connectivity index (χ4n) is 2.63. The van der Waals surface area contributed by atoms with Gasteiger partial charge in [-0.05, 0) is 18.2 Å². The zero-order valence-electron chi connectivity index (χ0n) is 13.3. The third-order valence-electron chi connectivity index (χ3n) is 3.81. The molecule has 0 bridgehead atoms. The molecular formula is C18H13N3O3S. The van der Waals surface area contributed by atoms with Crippen molar-refractivity contribution < 1.29 is 9.53 Å². The molecule has 0 atom stereocenters. The first-order chi connectivity index (χ1) is 12.1. The lowest BCUT2D eigenvalue weighted by molar-refractivity contribution is 0.0465. The number of aryl methyl sites for hydroxylation is 1. The van der Waals surface area contributed by atoms with Crippen molar-refractivity contribution in [3.63, 3.8) is 0 Å². The van der Waals surface area contributed by atoms with E-state index < -0.39 is 5.97 Å². The molecule has 0 fully saturated rings. The van der Waals surface area contributed by atoms with Gasteiger partial charge in [0.2, 0.25) is 0 Å². The Morgan fingerprint density at radius 1 is 1.12 bits per heavy atom. The summed E-state index contributed by atoms with van der Waals surface area (Å²) < 4.78 is 7.57. The minimum absolute atomic E-state index is 0.0665. The molecule has 0 amide bonds. The number of hydrogen-bond donors (Lipinski definition) is 0. The summed E-state index contributed by atoms with van der Waals surface area (Å²) in [5.41, 5.74) is 0.751. The maximum Gasteiger partial charge on any atom is 0.359 e. The van der Waals surface area contributed by atoms with Crippen molar-refractivity contribution in [2.24, 2.45) is 7.05 Å². The summed E-state index contributed by atoms with van der Waals surface area (Å²) in [6.07, 6.45) is 0. The van der Waals surface area contributed by atoms with Gasteiger partial charge in [0.15, 0.2) is 5.69 Å². The average molecular weight is 351 g/mol. The molecule has 0 unspecified atom stereocenters. The van der Waals surface area contributed by atoms with E-state index in [2.05, 4.69) is 10.1 Å². The summed E-state index contributed by atoms with van der Waals surface area (Å²) >= 11 is 1.48. The standard InChI is InChI=1S/C18H13N3O3S/c1-21-17(22)12-7-3-2-6-11(12)16(20-21)18(23)24-10-15-19-13-8-4-5-9-14(13)25-15/h2-9H,10H2,1H3. The molecule has 0 aliphatic heterocycles. The topological polar surface area (TPSA) is 74.1 Å². The number of ether oxygens (including phenoxy) is 1. The number of para-hydroxylation sites is 1. The molecule has 2 aromatic heterocycles. The number of carbonyl (C=O) groups is 1. The first-order valence-electron chi connectivity index (χ1n) is 7.61. The highest BCUT2D eigenvalue weighted by atomic mass is 32.1. The molecule has 2 aromatic carbocycles. The molecule has 0 aliphatic rings. The summed E-state index contributed by atoms with van der Waals surface area (Å²) in [5.74, 6) is -0.578. The van der Waals surface area contributed by atoms with Crippen LogP contribution in [0.1, 0.15) is 15.5 Å². The maximum absolute atomic E-state index is 12.5. The van der Waals surface area contributed by atoms with Crippen LogP contribution >= 0.6 is 11.3 Å². The highest BCUT2D eigenvalue weighted by Gasteiger charge is 2.17. The Hall–Kier alpha value is -3.06. The third-order valence-corrected chi connectivity index (χ3v) is 4.82. The number of carbonyl (C=O) groups excluding carboxylic acids is 1. The minimum atomic E-state index is -0.578. The molecule has 4 aromatic rings. The van der Waals surface area contributed by atoms with Crippen molar-refractivity contribution in [2.75, 3.05) is 0 Å². The minimum Gasteiger partial charge on any atom is -0.453 e. The molecule has 0 saturated carbocycles. The van der Waals surface area contributed by atoms with Crippen LogP contribution in [-0.4, -0.2) is 20.7 Å². The zero-order valence-corrected chi connectivity index (χ0v) is 14.1. The van der Waals surface area contributed by atoms with Crippen molar-refractivity contribution in [1.29, 1.82) is 0 Å². The number of benzene rings is 2. The van der Waals surface area contributed by atoms with Crippen molar-refractivity contribution in [1.82, 2.24) is 14.8 Å². The number of nitrogens with zero attached hydrogens (tertiary/aromatic N) is 3. The van der Waals surface area contributed by atoms with Crippen LogP contribution in [0.2, 0.25) is 0 Å². The monoisotopic (exact) mass is 351 g/mol. The van der Waals surface area contributed by atoms with Gasteiger partial charge in [-0.25, -0.2) is 14.5 Å². The first-order valence-corrected chi connectivity index (χ1v) is 8.43. The Bertz CT molecular complexity index is 1130. The molecule has 0 N–H and O–H groups in total. The quantitative estimate of drug-likeness (QED) is 0.531. The van der Waals surface area contributed by atoms with Crippen LogP contribution in [0, 0.1) is 0 Å².